The summed E-state index contributed by atoms with van der Waals surface area (Å²) in [6, 6.07) is 6.19. The summed E-state index contributed by atoms with van der Waals surface area (Å²) in [6.45, 7) is 2.26. The monoisotopic (exact) mass is 341 g/mol. The Kier molecular flexibility index (Phi) is 4.57. The van der Waals surface area contributed by atoms with Crippen LogP contribution in [0.3, 0.4) is 0 Å². The van der Waals surface area contributed by atoms with E-state index in [1.807, 2.05) is 0 Å². The molecule has 0 atom stereocenters. The molecule has 6 heteroatoms. The molecule has 0 fully saturated rings. The smallest absolute Gasteiger partial charge is 0.339 e. The van der Waals surface area contributed by atoms with Gasteiger partial charge in [-0.25, -0.2) is 9.18 Å². The number of aryl methyl sites for hydroxylation is 1. The highest BCUT2D eigenvalue weighted by molar-refractivity contribution is 9.10. The van der Waals surface area contributed by atoms with Gasteiger partial charge in [0.05, 0.1) is 6.54 Å². The molecular formula is C14H13BrFNO3. The summed E-state index contributed by atoms with van der Waals surface area (Å²) in [5, 5.41) is 11.9. The normalized spacial score (nSPS) is 10.8. The molecule has 0 saturated heterocycles. The summed E-state index contributed by atoms with van der Waals surface area (Å²) >= 11 is 3.28. The number of hydrogen-bond donors (Lipinski definition) is 2. The van der Waals surface area contributed by atoms with E-state index < -0.39 is 5.97 Å². The summed E-state index contributed by atoms with van der Waals surface area (Å²) in [7, 11) is 0. The number of benzene rings is 1. The van der Waals surface area contributed by atoms with Crippen molar-refractivity contribution in [1.82, 2.24) is 5.32 Å². The maximum absolute atomic E-state index is 13.5. The van der Waals surface area contributed by atoms with Crippen LogP contribution in [0.25, 0.3) is 0 Å². The Bertz CT molecular complexity index is 639. The van der Waals surface area contributed by atoms with Crippen LogP contribution in [0, 0.1) is 12.7 Å². The first kappa shape index (κ1) is 14.7. The zero-order valence-electron chi connectivity index (χ0n) is 10.7. The minimum atomic E-state index is -1.02. The molecule has 1 heterocycles. The summed E-state index contributed by atoms with van der Waals surface area (Å²) in [4.78, 5) is 10.9. The van der Waals surface area contributed by atoms with Gasteiger partial charge >= 0.3 is 5.97 Å². The predicted molar refractivity (Wildman–Crippen MR) is 75.0 cm³/mol. The van der Waals surface area contributed by atoms with E-state index in [0.29, 0.717) is 30.2 Å². The van der Waals surface area contributed by atoms with E-state index >= 15 is 0 Å². The summed E-state index contributed by atoms with van der Waals surface area (Å²) in [6.07, 6.45) is 0. The number of carboxylic acids is 1. The molecule has 0 amide bonds. The van der Waals surface area contributed by atoms with Crippen LogP contribution in [0.5, 0.6) is 0 Å². The average Bonchev–Trinajstić information content (AvgIpc) is 2.75. The molecule has 2 aromatic rings. The van der Waals surface area contributed by atoms with E-state index in [4.69, 9.17) is 9.52 Å². The van der Waals surface area contributed by atoms with Crippen molar-refractivity contribution in [1.29, 1.82) is 0 Å². The second-order valence-electron chi connectivity index (χ2n) is 4.33. The van der Waals surface area contributed by atoms with Gasteiger partial charge in [0, 0.05) is 16.6 Å². The average molecular weight is 342 g/mol. The summed E-state index contributed by atoms with van der Waals surface area (Å²) in [5.41, 5.74) is 0.677. The molecule has 0 spiro atoms. The molecule has 0 aliphatic heterocycles. The summed E-state index contributed by atoms with van der Waals surface area (Å²) in [5.74, 6) is -0.434. The Balaban J connectivity index is 1.98. The lowest BCUT2D eigenvalue weighted by molar-refractivity contribution is 0.0695. The van der Waals surface area contributed by atoms with Crippen molar-refractivity contribution < 1.29 is 18.7 Å². The van der Waals surface area contributed by atoms with Crippen LogP contribution in [0.2, 0.25) is 0 Å². The molecule has 0 aliphatic carbocycles. The quantitative estimate of drug-likeness (QED) is 0.873. The molecule has 1 aromatic carbocycles. The number of halogens is 2. The largest absolute Gasteiger partial charge is 0.478 e. The Hall–Kier alpha value is -1.66. The number of carboxylic acid groups (broad SMARTS) is 1. The van der Waals surface area contributed by atoms with Gasteiger partial charge in [-0.1, -0.05) is 15.9 Å². The first-order chi connectivity index (χ1) is 9.47. The van der Waals surface area contributed by atoms with Gasteiger partial charge in [0.2, 0.25) is 0 Å². The van der Waals surface area contributed by atoms with Crippen molar-refractivity contribution in [2.75, 3.05) is 0 Å². The third-order valence-corrected chi connectivity index (χ3v) is 3.31. The van der Waals surface area contributed by atoms with Crippen molar-refractivity contribution in [3.05, 3.63) is 57.2 Å². The van der Waals surface area contributed by atoms with Crippen LogP contribution in [0.15, 0.2) is 33.2 Å². The van der Waals surface area contributed by atoms with Crippen molar-refractivity contribution >= 4 is 21.9 Å². The second kappa shape index (κ2) is 6.19. The lowest BCUT2D eigenvalue weighted by atomic mass is 10.2. The van der Waals surface area contributed by atoms with E-state index in [1.165, 1.54) is 12.1 Å². The zero-order chi connectivity index (χ0) is 14.7. The SMILES string of the molecule is Cc1oc(CNCc2cc(Br)ccc2F)cc1C(=O)O. The highest BCUT2D eigenvalue weighted by Crippen LogP contribution is 2.17. The van der Waals surface area contributed by atoms with Crippen molar-refractivity contribution in [2.24, 2.45) is 0 Å². The number of aromatic carboxylic acids is 1. The minimum absolute atomic E-state index is 0.149. The Morgan fingerprint density at radius 1 is 1.40 bits per heavy atom. The maximum atomic E-state index is 13.5. The minimum Gasteiger partial charge on any atom is -0.478 e. The van der Waals surface area contributed by atoms with Crippen molar-refractivity contribution in [2.45, 2.75) is 20.0 Å². The first-order valence-electron chi connectivity index (χ1n) is 5.94. The van der Waals surface area contributed by atoms with E-state index in [-0.39, 0.29) is 11.4 Å². The molecule has 0 bridgehead atoms. The predicted octanol–water partition coefficient (Wildman–Crippen LogP) is 3.48. The fourth-order valence-corrected chi connectivity index (χ4v) is 2.25. The topological polar surface area (TPSA) is 62.5 Å². The maximum Gasteiger partial charge on any atom is 0.339 e. The van der Waals surface area contributed by atoms with Crippen molar-refractivity contribution in [3.8, 4) is 0 Å². The lowest BCUT2D eigenvalue weighted by Crippen LogP contribution is -2.13. The molecule has 20 heavy (non-hydrogen) atoms. The first-order valence-corrected chi connectivity index (χ1v) is 6.74. The highest BCUT2D eigenvalue weighted by Gasteiger charge is 2.13. The molecule has 0 radical (unpaired) electrons. The van der Waals surface area contributed by atoms with Gasteiger partial charge in [0.1, 0.15) is 22.9 Å². The molecule has 2 rings (SSSR count). The van der Waals surface area contributed by atoms with Gasteiger partial charge in [0.15, 0.2) is 0 Å². The summed E-state index contributed by atoms with van der Waals surface area (Å²) < 4.78 is 19.6. The molecule has 0 saturated carbocycles. The van der Waals surface area contributed by atoms with Crippen LogP contribution in [-0.4, -0.2) is 11.1 Å². The number of furan rings is 1. The van der Waals surface area contributed by atoms with E-state index in [1.54, 1.807) is 19.1 Å². The van der Waals surface area contributed by atoms with Crippen LogP contribution in [-0.2, 0) is 13.1 Å². The molecule has 0 unspecified atom stereocenters. The van der Waals surface area contributed by atoms with Gasteiger partial charge in [-0.05, 0) is 31.2 Å². The number of nitrogens with one attached hydrogen (secondary N) is 1. The van der Waals surface area contributed by atoms with E-state index in [2.05, 4.69) is 21.2 Å². The molecule has 2 N–H and O–H groups in total. The molecule has 4 nitrogen and oxygen atoms in total. The lowest BCUT2D eigenvalue weighted by Gasteiger charge is -2.05. The fourth-order valence-electron chi connectivity index (χ4n) is 1.84. The standard InChI is InChI=1S/C14H13BrFNO3/c1-8-12(14(18)19)5-11(20-8)7-17-6-9-4-10(15)2-3-13(9)16/h2-5,17H,6-7H2,1H3,(H,18,19). The fraction of sp³-hybridized carbons (Fsp3) is 0.214. The number of rotatable bonds is 5. The highest BCUT2D eigenvalue weighted by atomic mass is 79.9. The Morgan fingerprint density at radius 3 is 2.80 bits per heavy atom. The van der Waals surface area contributed by atoms with Gasteiger partial charge < -0.3 is 14.8 Å². The van der Waals surface area contributed by atoms with Crippen molar-refractivity contribution in [3.63, 3.8) is 0 Å². The number of carbonyl (C=O) groups is 1. The van der Waals surface area contributed by atoms with E-state index in [9.17, 15) is 9.18 Å². The Morgan fingerprint density at radius 2 is 2.15 bits per heavy atom. The van der Waals surface area contributed by atoms with Crippen LogP contribution < -0.4 is 5.32 Å². The van der Waals surface area contributed by atoms with E-state index in [0.717, 1.165) is 4.47 Å². The zero-order valence-corrected chi connectivity index (χ0v) is 12.3. The van der Waals surface area contributed by atoms with Gasteiger partial charge in [-0.15, -0.1) is 0 Å². The van der Waals surface area contributed by atoms with Crippen LogP contribution >= 0.6 is 15.9 Å². The Labute approximate surface area is 123 Å². The van der Waals surface area contributed by atoms with Gasteiger partial charge in [-0.2, -0.15) is 0 Å². The van der Waals surface area contributed by atoms with Gasteiger partial charge in [-0.3, -0.25) is 0 Å². The van der Waals surface area contributed by atoms with Crippen LogP contribution in [0.1, 0.15) is 27.4 Å². The van der Waals surface area contributed by atoms with Gasteiger partial charge in [0.25, 0.3) is 0 Å². The molecular weight excluding hydrogens is 329 g/mol. The molecule has 1 aromatic heterocycles. The van der Waals surface area contributed by atoms with Crippen LogP contribution in [0.4, 0.5) is 4.39 Å². The second-order valence-corrected chi connectivity index (χ2v) is 5.24. The number of hydrogen-bond acceptors (Lipinski definition) is 3. The third-order valence-electron chi connectivity index (χ3n) is 2.82. The molecule has 0 aliphatic rings. The third kappa shape index (κ3) is 3.46. The molecule has 106 valence electrons.